The maximum Gasteiger partial charge on any atom is 0.247 e. The Bertz CT molecular complexity index is 934. The molecule has 2 aromatic heterocycles. The molecule has 2 heterocycles. The Morgan fingerprint density at radius 1 is 0.920 bits per heavy atom. The summed E-state index contributed by atoms with van der Waals surface area (Å²) in [5, 5.41) is 9.18. The second kappa shape index (κ2) is 7.36. The minimum atomic E-state index is 0.545. The number of hydrogen-bond donors (Lipinski definition) is 0. The van der Waals surface area contributed by atoms with Crippen molar-refractivity contribution >= 4 is 11.8 Å². The molecule has 6 heteroatoms. The Hall–Kier alpha value is -2.86. The van der Waals surface area contributed by atoms with Gasteiger partial charge in [0.2, 0.25) is 11.8 Å². The highest BCUT2D eigenvalue weighted by molar-refractivity contribution is 7.98. The zero-order chi connectivity index (χ0) is 16.9. The highest BCUT2D eigenvalue weighted by Crippen LogP contribution is 2.24. The molecule has 0 fully saturated rings. The van der Waals surface area contributed by atoms with Crippen LogP contribution in [0, 0.1) is 0 Å². The average Bonchev–Trinajstić information content (AvgIpc) is 3.31. The van der Waals surface area contributed by atoms with Crippen molar-refractivity contribution in [3.63, 3.8) is 0 Å². The van der Waals surface area contributed by atoms with E-state index in [1.807, 2.05) is 60.9 Å². The van der Waals surface area contributed by atoms with E-state index in [-0.39, 0.29) is 0 Å². The van der Waals surface area contributed by atoms with Crippen molar-refractivity contribution in [1.82, 2.24) is 19.7 Å². The third kappa shape index (κ3) is 3.80. The van der Waals surface area contributed by atoms with E-state index in [9.17, 15) is 0 Å². The molecular formula is C19H16N4OS. The summed E-state index contributed by atoms with van der Waals surface area (Å²) in [4.78, 5) is 4.43. The van der Waals surface area contributed by atoms with Gasteiger partial charge in [-0.05, 0) is 17.7 Å². The monoisotopic (exact) mass is 348 g/mol. The summed E-state index contributed by atoms with van der Waals surface area (Å²) in [7, 11) is 0. The van der Waals surface area contributed by atoms with E-state index in [2.05, 4.69) is 31.9 Å². The van der Waals surface area contributed by atoms with Crippen LogP contribution in [0.5, 0.6) is 0 Å². The molecule has 4 rings (SSSR count). The molecule has 124 valence electrons. The van der Waals surface area contributed by atoms with E-state index < -0.39 is 0 Å². The Balaban J connectivity index is 1.43. The first-order chi connectivity index (χ1) is 12.4. The molecule has 0 spiro atoms. The fraction of sp³-hybridized carbons (Fsp3) is 0.105. The molecule has 4 aromatic rings. The molecule has 0 radical (unpaired) electrons. The minimum absolute atomic E-state index is 0.545. The molecule has 0 saturated heterocycles. The van der Waals surface area contributed by atoms with Crippen molar-refractivity contribution in [3.05, 3.63) is 84.5 Å². The topological polar surface area (TPSA) is 56.7 Å². The zero-order valence-electron chi connectivity index (χ0n) is 13.4. The predicted octanol–water partition coefficient (Wildman–Crippen LogP) is 4.27. The molecule has 0 N–H and O–H groups in total. The molecule has 25 heavy (non-hydrogen) atoms. The number of hydrogen-bond acceptors (Lipinski definition) is 5. The van der Waals surface area contributed by atoms with Gasteiger partial charge in [0.1, 0.15) is 0 Å². The normalized spacial score (nSPS) is 10.9. The SMILES string of the molecule is c1ccc(Cn2ccnc2SCc2nnc(-c3ccccc3)o2)cc1. The molecule has 0 aliphatic rings. The lowest BCUT2D eigenvalue weighted by molar-refractivity contribution is 0.528. The number of nitrogens with zero attached hydrogens (tertiary/aromatic N) is 4. The Kier molecular flexibility index (Phi) is 4.61. The van der Waals surface area contributed by atoms with Crippen LogP contribution in [0.15, 0.2) is 82.6 Å². The molecule has 5 nitrogen and oxygen atoms in total. The molecule has 0 saturated carbocycles. The molecule has 0 amide bonds. The fourth-order valence-corrected chi connectivity index (χ4v) is 3.27. The van der Waals surface area contributed by atoms with Gasteiger partial charge < -0.3 is 8.98 Å². The molecule has 0 bridgehead atoms. The van der Waals surface area contributed by atoms with Crippen molar-refractivity contribution in [3.8, 4) is 11.5 Å². The number of benzene rings is 2. The van der Waals surface area contributed by atoms with Gasteiger partial charge >= 0.3 is 0 Å². The maximum absolute atomic E-state index is 5.75. The number of rotatable bonds is 6. The minimum Gasteiger partial charge on any atom is -0.420 e. The highest BCUT2D eigenvalue weighted by atomic mass is 32.2. The standard InChI is InChI=1S/C19H16N4OS/c1-3-7-15(8-4-1)13-23-12-11-20-19(23)25-14-17-21-22-18(24-17)16-9-5-2-6-10-16/h1-12H,13-14H2. The van der Waals surface area contributed by atoms with Crippen molar-refractivity contribution in [2.24, 2.45) is 0 Å². The van der Waals surface area contributed by atoms with E-state index in [1.165, 1.54) is 5.56 Å². The molecule has 2 aromatic carbocycles. The largest absolute Gasteiger partial charge is 0.420 e. The summed E-state index contributed by atoms with van der Waals surface area (Å²) >= 11 is 1.59. The Labute approximate surface area is 149 Å². The van der Waals surface area contributed by atoms with Gasteiger partial charge in [0.05, 0.1) is 5.75 Å². The maximum atomic E-state index is 5.75. The zero-order valence-corrected chi connectivity index (χ0v) is 14.3. The summed E-state index contributed by atoms with van der Waals surface area (Å²) in [6.07, 6.45) is 3.80. The molecule has 0 atom stereocenters. The lowest BCUT2D eigenvalue weighted by Gasteiger charge is -2.06. The van der Waals surface area contributed by atoms with Gasteiger partial charge in [-0.2, -0.15) is 0 Å². The van der Waals surface area contributed by atoms with E-state index in [1.54, 1.807) is 11.8 Å². The van der Waals surface area contributed by atoms with Crippen LogP contribution >= 0.6 is 11.8 Å². The van der Waals surface area contributed by atoms with Gasteiger partial charge in [0.15, 0.2) is 5.16 Å². The number of aromatic nitrogens is 4. The summed E-state index contributed by atoms with van der Waals surface area (Å²) in [6, 6.07) is 20.1. The van der Waals surface area contributed by atoms with Crippen LogP contribution in [-0.4, -0.2) is 19.7 Å². The van der Waals surface area contributed by atoms with Gasteiger partial charge in [-0.25, -0.2) is 4.98 Å². The van der Waals surface area contributed by atoms with Crippen LogP contribution in [0.3, 0.4) is 0 Å². The quantitative estimate of drug-likeness (QED) is 0.487. The summed E-state index contributed by atoms with van der Waals surface area (Å²) in [5.41, 5.74) is 2.17. The van der Waals surface area contributed by atoms with Gasteiger partial charge in [0, 0.05) is 24.5 Å². The smallest absolute Gasteiger partial charge is 0.247 e. The predicted molar refractivity (Wildman–Crippen MR) is 97.1 cm³/mol. The molecular weight excluding hydrogens is 332 g/mol. The second-order valence-corrected chi connectivity index (χ2v) is 6.42. The summed E-state index contributed by atoms with van der Waals surface area (Å²) < 4.78 is 7.87. The average molecular weight is 348 g/mol. The fourth-order valence-electron chi connectivity index (χ4n) is 2.47. The van der Waals surface area contributed by atoms with E-state index in [0.29, 0.717) is 17.5 Å². The first-order valence-corrected chi connectivity index (χ1v) is 8.93. The van der Waals surface area contributed by atoms with Crippen molar-refractivity contribution in [2.45, 2.75) is 17.5 Å². The Morgan fingerprint density at radius 2 is 1.68 bits per heavy atom. The van der Waals surface area contributed by atoms with Crippen LogP contribution in [0.2, 0.25) is 0 Å². The van der Waals surface area contributed by atoms with Crippen molar-refractivity contribution in [2.75, 3.05) is 0 Å². The summed E-state index contributed by atoms with van der Waals surface area (Å²) in [6.45, 7) is 0.794. The van der Waals surface area contributed by atoms with Gasteiger partial charge in [-0.3, -0.25) is 0 Å². The van der Waals surface area contributed by atoms with Gasteiger partial charge in [-0.1, -0.05) is 60.3 Å². The lowest BCUT2D eigenvalue weighted by atomic mass is 10.2. The lowest BCUT2D eigenvalue weighted by Crippen LogP contribution is -2.00. The van der Waals surface area contributed by atoms with E-state index in [0.717, 1.165) is 17.3 Å². The summed E-state index contributed by atoms with van der Waals surface area (Å²) in [5.74, 6) is 1.73. The second-order valence-electron chi connectivity index (χ2n) is 5.48. The van der Waals surface area contributed by atoms with Crippen LogP contribution in [0.25, 0.3) is 11.5 Å². The van der Waals surface area contributed by atoms with E-state index >= 15 is 0 Å². The first-order valence-electron chi connectivity index (χ1n) is 7.94. The molecule has 0 unspecified atom stereocenters. The number of imidazole rings is 1. The van der Waals surface area contributed by atoms with Crippen LogP contribution in [0.4, 0.5) is 0 Å². The first kappa shape index (κ1) is 15.7. The van der Waals surface area contributed by atoms with Crippen LogP contribution in [-0.2, 0) is 12.3 Å². The molecule has 0 aliphatic heterocycles. The third-order valence-electron chi connectivity index (χ3n) is 3.69. The third-order valence-corrected chi connectivity index (χ3v) is 4.67. The molecule has 0 aliphatic carbocycles. The van der Waals surface area contributed by atoms with Gasteiger partial charge in [0.25, 0.3) is 0 Å². The number of thioether (sulfide) groups is 1. The van der Waals surface area contributed by atoms with Gasteiger partial charge in [-0.15, -0.1) is 10.2 Å². The van der Waals surface area contributed by atoms with E-state index in [4.69, 9.17) is 4.42 Å². The Morgan fingerprint density at radius 3 is 2.48 bits per heavy atom. The van der Waals surface area contributed by atoms with Crippen molar-refractivity contribution < 1.29 is 4.42 Å². The highest BCUT2D eigenvalue weighted by Gasteiger charge is 2.11. The van der Waals surface area contributed by atoms with Crippen LogP contribution < -0.4 is 0 Å². The van der Waals surface area contributed by atoms with Crippen molar-refractivity contribution in [1.29, 1.82) is 0 Å². The van der Waals surface area contributed by atoms with Crippen LogP contribution in [0.1, 0.15) is 11.5 Å².